The molecule has 0 radical (unpaired) electrons. The van der Waals surface area contributed by atoms with E-state index in [0.717, 1.165) is 16.2 Å². The second-order valence-electron chi connectivity index (χ2n) is 6.53. The smallest absolute Gasteiger partial charge is 0.324 e. The van der Waals surface area contributed by atoms with E-state index in [2.05, 4.69) is 10.4 Å². The van der Waals surface area contributed by atoms with E-state index < -0.39 is 24.0 Å². The lowest BCUT2D eigenvalue weighted by Crippen LogP contribution is -2.41. The molecule has 1 atom stereocenters. The van der Waals surface area contributed by atoms with Gasteiger partial charge in [-0.15, -0.1) is 0 Å². The highest BCUT2D eigenvalue weighted by Gasteiger charge is 2.31. The summed E-state index contributed by atoms with van der Waals surface area (Å²) in [4.78, 5) is 48.8. The maximum Gasteiger partial charge on any atom is 0.324 e. The zero-order valence-corrected chi connectivity index (χ0v) is 15.6. The van der Waals surface area contributed by atoms with E-state index in [0.29, 0.717) is 19.5 Å². The number of nitrogens with zero attached hydrogens (tertiary/aromatic N) is 3. The number of carbonyl (C=O) groups is 4. The number of benzene rings is 1. The van der Waals surface area contributed by atoms with Gasteiger partial charge in [-0.25, -0.2) is 9.80 Å². The lowest BCUT2D eigenvalue weighted by atomic mass is 10.1. The molecule has 1 saturated heterocycles. The van der Waals surface area contributed by atoms with Gasteiger partial charge < -0.3 is 10.1 Å². The molecule has 9 nitrogen and oxygen atoms in total. The first-order valence-corrected chi connectivity index (χ1v) is 9.17. The molecule has 1 aromatic rings. The highest BCUT2D eigenvalue weighted by Crippen LogP contribution is 2.15. The largest absolute Gasteiger partial charge is 0.453 e. The van der Waals surface area contributed by atoms with Gasteiger partial charge in [-0.3, -0.25) is 19.3 Å². The van der Waals surface area contributed by atoms with Gasteiger partial charge in [0, 0.05) is 25.9 Å². The Morgan fingerprint density at radius 3 is 2.61 bits per heavy atom. The quantitative estimate of drug-likeness (QED) is 0.731. The molecule has 0 saturated carbocycles. The molecule has 2 aliphatic rings. The summed E-state index contributed by atoms with van der Waals surface area (Å²) in [5, 5.41) is 8.20. The summed E-state index contributed by atoms with van der Waals surface area (Å²) >= 11 is 0. The van der Waals surface area contributed by atoms with Gasteiger partial charge in [-0.1, -0.05) is 30.3 Å². The Balaban J connectivity index is 1.45. The minimum Gasteiger partial charge on any atom is -0.453 e. The zero-order chi connectivity index (χ0) is 20.1. The number of amides is 4. The van der Waals surface area contributed by atoms with E-state index in [1.165, 1.54) is 11.9 Å². The molecule has 3 rings (SSSR count). The molecule has 1 aromatic carbocycles. The van der Waals surface area contributed by atoms with Crippen molar-refractivity contribution in [2.45, 2.75) is 32.3 Å². The van der Waals surface area contributed by atoms with Gasteiger partial charge >= 0.3 is 12.0 Å². The monoisotopic (exact) mass is 386 g/mol. The Hall–Kier alpha value is -3.23. The molecule has 4 amide bonds. The van der Waals surface area contributed by atoms with Crippen LogP contribution in [0.2, 0.25) is 0 Å². The van der Waals surface area contributed by atoms with Crippen LogP contribution >= 0.6 is 0 Å². The lowest BCUT2D eigenvalue weighted by molar-refractivity contribution is -0.158. The number of urea groups is 1. The molecule has 28 heavy (non-hydrogen) atoms. The fourth-order valence-corrected chi connectivity index (χ4v) is 3.02. The van der Waals surface area contributed by atoms with Gasteiger partial charge in [0.05, 0.1) is 18.7 Å². The summed E-state index contributed by atoms with van der Waals surface area (Å²) in [7, 11) is 0. The Labute approximate surface area is 162 Å². The highest BCUT2D eigenvalue weighted by atomic mass is 16.5. The second-order valence-corrected chi connectivity index (χ2v) is 6.53. The van der Waals surface area contributed by atoms with Gasteiger partial charge in [-0.05, 0) is 12.5 Å². The van der Waals surface area contributed by atoms with Gasteiger partial charge in [0.25, 0.3) is 5.91 Å². The SMILES string of the molecule is CC(OC(=O)CCC(=O)N1CCC(c2ccccc2)=N1)C(=O)N1CCNC1=O. The van der Waals surface area contributed by atoms with Crippen molar-refractivity contribution >= 4 is 29.5 Å². The number of nitrogens with one attached hydrogen (secondary N) is 1. The predicted octanol–water partition coefficient (Wildman–Crippen LogP) is 0.887. The van der Waals surface area contributed by atoms with Gasteiger partial charge in [0.1, 0.15) is 0 Å². The van der Waals surface area contributed by atoms with Crippen molar-refractivity contribution in [3.63, 3.8) is 0 Å². The number of hydrazone groups is 1. The third-order valence-electron chi connectivity index (χ3n) is 4.52. The molecule has 1 unspecified atom stereocenters. The molecule has 9 heteroatoms. The van der Waals surface area contributed by atoms with Crippen molar-refractivity contribution in [3.8, 4) is 0 Å². The number of esters is 1. The first-order chi connectivity index (χ1) is 13.5. The van der Waals surface area contributed by atoms with E-state index in [9.17, 15) is 19.2 Å². The van der Waals surface area contributed by atoms with Crippen molar-refractivity contribution in [1.82, 2.24) is 15.2 Å². The molecule has 0 bridgehead atoms. The fraction of sp³-hybridized carbons (Fsp3) is 0.421. The minimum absolute atomic E-state index is 0.0600. The van der Waals surface area contributed by atoms with Crippen molar-refractivity contribution in [3.05, 3.63) is 35.9 Å². The van der Waals surface area contributed by atoms with Gasteiger partial charge in [0.2, 0.25) is 5.91 Å². The van der Waals surface area contributed by atoms with Gasteiger partial charge in [0.15, 0.2) is 6.10 Å². The lowest BCUT2D eigenvalue weighted by Gasteiger charge is -2.18. The predicted molar refractivity (Wildman–Crippen MR) is 99.2 cm³/mol. The maximum atomic E-state index is 12.3. The van der Waals surface area contributed by atoms with Crippen LogP contribution in [-0.2, 0) is 19.1 Å². The number of hydrogen-bond acceptors (Lipinski definition) is 6. The van der Waals surface area contributed by atoms with E-state index >= 15 is 0 Å². The summed E-state index contributed by atoms with van der Waals surface area (Å²) in [6.45, 7) is 2.50. The van der Waals surface area contributed by atoms with Crippen LogP contribution in [0.5, 0.6) is 0 Å². The molecule has 2 aliphatic heterocycles. The maximum absolute atomic E-state index is 12.3. The Morgan fingerprint density at radius 1 is 1.18 bits per heavy atom. The average Bonchev–Trinajstić information content (AvgIpc) is 3.35. The van der Waals surface area contributed by atoms with Gasteiger partial charge in [-0.2, -0.15) is 5.10 Å². The van der Waals surface area contributed by atoms with Crippen LogP contribution in [0.4, 0.5) is 4.79 Å². The molecule has 148 valence electrons. The second kappa shape index (κ2) is 8.64. The van der Waals surface area contributed by atoms with Crippen LogP contribution in [0.1, 0.15) is 31.7 Å². The molecule has 0 spiro atoms. The highest BCUT2D eigenvalue weighted by molar-refractivity contribution is 6.02. The average molecular weight is 386 g/mol. The summed E-state index contributed by atoms with van der Waals surface area (Å²) < 4.78 is 5.06. The standard InChI is InChI=1S/C19H22N4O5/c1-13(18(26)22-12-10-20-19(22)27)28-17(25)8-7-16(24)23-11-9-15(21-23)14-5-3-2-4-6-14/h2-6,13H,7-12H2,1H3,(H,20,27). The third-order valence-corrected chi connectivity index (χ3v) is 4.52. The van der Waals surface area contributed by atoms with E-state index in [1.807, 2.05) is 30.3 Å². The Kier molecular flexibility index (Phi) is 6.03. The van der Waals surface area contributed by atoms with Crippen LogP contribution in [0, 0.1) is 0 Å². The number of imide groups is 1. The van der Waals surface area contributed by atoms with Crippen LogP contribution in [0.25, 0.3) is 0 Å². The zero-order valence-electron chi connectivity index (χ0n) is 15.6. The van der Waals surface area contributed by atoms with Crippen LogP contribution in [0.3, 0.4) is 0 Å². The Morgan fingerprint density at radius 2 is 1.93 bits per heavy atom. The van der Waals surface area contributed by atoms with Crippen molar-refractivity contribution < 1.29 is 23.9 Å². The first kappa shape index (κ1) is 19.5. The number of carbonyl (C=O) groups excluding carboxylic acids is 4. The normalized spacial score (nSPS) is 17.2. The summed E-state index contributed by atoms with van der Waals surface area (Å²) in [6, 6.07) is 9.10. The summed E-state index contributed by atoms with van der Waals surface area (Å²) in [5.41, 5.74) is 1.80. The molecule has 1 N–H and O–H groups in total. The fourth-order valence-electron chi connectivity index (χ4n) is 3.02. The molecule has 0 aliphatic carbocycles. The third kappa shape index (κ3) is 4.54. The van der Waals surface area contributed by atoms with Crippen LogP contribution in [-0.4, -0.2) is 65.2 Å². The number of ether oxygens (including phenoxy) is 1. The van der Waals surface area contributed by atoms with Crippen LogP contribution in [0.15, 0.2) is 35.4 Å². The van der Waals surface area contributed by atoms with Crippen molar-refractivity contribution in [2.75, 3.05) is 19.6 Å². The molecular formula is C19H22N4O5. The van der Waals surface area contributed by atoms with E-state index in [4.69, 9.17) is 4.74 Å². The van der Waals surface area contributed by atoms with Crippen molar-refractivity contribution in [2.24, 2.45) is 5.10 Å². The summed E-state index contributed by atoms with van der Waals surface area (Å²) in [5.74, 6) is -1.52. The Bertz CT molecular complexity index is 808. The first-order valence-electron chi connectivity index (χ1n) is 9.17. The topological polar surface area (TPSA) is 108 Å². The minimum atomic E-state index is -1.08. The number of rotatable bonds is 6. The summed E-state index contributed by atoms with van der Waals surface area (Å²) in [6.07, 6.45) is -0.643. The van der Waals surface area contributed by atoms with Crippen molar-refractivity contribution in [1.29, 1.82) is 0 Å². The molecule has 0 aromatic heterocycles. The molecular weight excluding hydrogens is 364 g/mol. The molecule has 2 heterocycles. The van der Waals surface area contributed by atoms with E-state index in [-0.39, 0.29) is 25.3 Å². The number of hydrogen-bond donors (Lipinski definition) is 1. The molecule has 1 fully saturated rings. The van der Waals surface area contributed by atoms with Crippen LogP contribution < -0.4 is 5.32 Å². The van der Waals surface area contributed by atoms with E-state index in [1.54, 1.807) is 0 Å².